The van der Waals surface area contributed by atoms with Crippen LogP contribution in [-0.4, -0.2) is 83.0 Å². The first-order chi connectivity index (χ1) is 26.1. The molecule has 5 aromatic rings. The number of fused-ring (bicyclic) bond motifs is 1. The second-order valence-corrected chi connectivity index (χ2v) is 13.5. The third kappa shape index (κ3) is 7.96. The first-order valence-corrected chi connectivity index (χ1v) is 18.3. The number of aliphatic hydroxyl groups excluding tert-OH is 1. The molecule has 0 spiro atoms. The zero-order valence-electron chi connectivity index (χ0n) is 30.7. The number of hydrogen-bond acceptors (Lipinski definition) is 8. The van der Waals surface area contributed by atoms with Crippen molar-refractivity contribution in [1.82, 2.24) is 29.4 Å². The molecule has 6 rings (SSSR count). The number of aliphatic hydroxyl groups is 1. The Morgan fingerprint density at radius 3 is 2.24 bits per heavy atom. The van der Waals surface area contributed by atoms with Crippen molar-refractivity contribution in [3.63, 3.8) is 0 Å². The first kappa shape index (κ1) is 37.7. The Kier molecular flexibility index (Phi) is 11.7. The second-order valence-electron chi connectivity index (χ2n) is 13.5. The minimum atomic E-state index is -0.814. The number of aromatic hydroxyl groups is 1. The molecule has 280 valence electrons. The minimum absolute atomic E-state index is 0.163. The van der Waals surface area contributed by atoms with Crippen molar-refractivity contribution in [1.29, 1.82) is 0 Å². The van der Waals surface area contributed by atoms with Gasteiger partial charge in [-0.25, -0.2) is 4.68 Å². The zero-order chi connectivity index (χ0) is 38.4. The highest BCUT2D eigenvalue weighted by molar-refractivity contribution is 6.06. The van der Waals surface area contributed by atoms with Crippen LogP contribution in [0.1, 0.15) is 87.7 Å². The number of amides is 3. The molecule has 1 atom stereocenters. The molecule has 3 aromatic carbocycles. The van der Waals surface area contributed by atoms with Crippen LogP contribution in [0.5, 0.6) is 5.75 Å². The van der Waals surface area contributed by atoms with Crippen LogP contribution in [0.25, 0.3) is 11.4 Å². The van der Waals surface area contributed by atoms with E-state index in [4.69, 9.17) is 5.10 Å². The van der Waals surface area contributed by atoms with E-state index in [1.807, 2.05) is 29.2 Å². The Bertz CT molecular complexity index is 2210. The van der Waals surface area contributed by atoms with Crippen LogP contribution in [0.3, 0.4) is 0 Å². The maximum atomic E-state index is 14.7. The molecule has 2 aromatic heterocycles. The fraction of sp³-hybridized carbons (Fsp3) is 0.317. The van der Waals surface area contributed by atoms with Crippen molar-refractivity contribution in [3.05, 3.63) is 129 Å². The van der Waals surface area contributed by atoms with E-state index < -0.39 is 34.9 Å². The van der Waals surface area contributed by atoms with Crippen LogP contribution in [-0.2, 0) is 13.0 Å². The zero-order valence-corrected chi connectivity index (χ0v) is 30.7. The van der Waals surface area contributed by atoms with Crippen molar-refractivity contribution >= 4 is 23.4 Å². The molecule has 0 bridgehead atoms. The van der Waals surface area contributed by atoms with E-state index in [0.717, 1.165) is 47.6 Å². The fourth-order valence-corrected chi connectivity index (χ4v) is 6.66. The van der Waals surface area contributed by atoms with Gasteiger partial charge in [0.2, 0.25) is 0 Å². The molecule has 3 amide bonds. The molecule has 3 heterocycles. The van der Waals surface area contributed by atoms with Gasteiger partial charge in [0.15, 0.2) is 17.1 Å². The van der Waals surface area contributed by atoms with E-state index in [1.165, 1.54) is 6.07 Å². The molecule has 0 unspecified atom stereocenters. The predicted octanol–water partition coefficient (Wildman–Crippen LogP) is 5.29. The summed E-state index contributed by atoms with van der Waals surface area (Å²) in [5.41, 5.74) is 3.00. The standard InChI is InChI=1S/C41H45N7O6/c1-4-6-19-45(20-7-5-2)41(54)34-21-27(3)47(43-34)35-18-17-30(23-33(35)40(53)46-25-29-14-12-11-13-28(29)22-32(46)26-49)42-39(52)38-36(50)24-37(51)48(44-38)31-15-9-8-10-16-31/h8-18,21,23-24,32,49-50H,4-7,19-20,22,25-26H2,1-3H3,(H,42,52)/t32-/m0/s1. The molecule has 0 radical (unpaired) electrons. The number of benzene rings is 3. The smallest absolute Gasteiger partial charge is 0.279 e. The molecule has 54 heavy (non-hydrogen) atoms. The van der Waals surface area contributed by atoms with Gasteiger partial charge in [-0.15, -0.1) is 0 Å². The van der Waals surface area contributed by atoms with Gasteiger partial charge >= 0.3 is 0 Å². The van der Waals surface area contributed by atoms with Crippen molar-refractivity contribution in [2.75, 3.05) is 25.0 Å². The fourth-order valence-electron chi connectivity index (χ4n) is 6.66. The molecule has 0 fully saturated rings. The number of nitrogens with one attached hydrogen (secondary N) is 1. The van der Waals surface area contributed by atoms with Crippen LogP contribution >= 0.6 is 0 Å². The highest BCUT2D eigenvalue weighted by atomic mass is 16.3. The summed E-state index contributed by atoms with van der Waals surface area (Å²) in [7, 11) is 0. The van der Waals surface area contributed by atoms with Crippen LogP contribution in [0.4, 0.5) is 5.69 Å². The maximum absolute atomic E-state index is 14.7. The molecule has 0 saturated carbocycles. The van der Waals surface area contributed by atoms with Gasteiger partial charge in [-0.05, 0) is 73.7 Å². The average Bonchev–Trinajstić information content (AvgIpc) is 3.58. The molecule has 13 nitrogen and oxygen atoms in total. The van der Waals surface area contributed by atoms with E-state index in [1.54, 1.807) is 65.0 Å². The number of para-hydroxylation sites is 1. The number of nitrogens with zero attached hydrogens (tertiary/aromatic N) is 6. The topological polar surface area (TPSA) is 163 Å². The number of hydrogen-bond donors (Lipinski definition) is 3. The SMILES string of the molecule is CCCCN(CCCC)C(=O)c1cc(C)n(-c2ccc(NC(=O)c3nn(-c4ccccc4)c(=O)cc3O)cc2C(=O)N2Cc3ccccc3C[C@H]2CO)n1. The summed E-state index contributed by atoms with van der Waals surface area (Å²) in [6.45, 7) is 7.18. The van der Waals surface area contributed by atoms with Crippen LogP contribution in [0, 0.1) is 6.92 Å². The van der Waals surface area contributed by atoms with Gasteiger partial charge in [0.25, 0.3) is 23.3 Å². The molecule has 0 saturated heterocycles. The number of rotatable bonds is 13. The number of anilines is 1. The Labute approximate surface area is 313 Å². The highest BCUT2D eigenvalue weighted by Gasteiger charge is 2.32. The number of unbranched alkanes of at least 4 members (excludes halogenated alkanes) is 2. The Morgan fingerprint density at radius 2 is 1.56 bits per heavy atom. The molecule has 0 aliphatic carbocycles. The first-order valence-electron chi connectivity index (χ1n) is 18.3. The molecule has 3 N–H and O–H groups in total. The van der Waals surface area contributed by atoms with Crippen molar-refractivity contribution in [2.24, 2.45) is 0 Å². The number of carbonyl (C=O) groups is 3. The van der Waals surface area contributed by atoms with Crippen LogP contribution in [0.15, 0.2) is 89.7 Å². The van der Waals surface area contributed by atoms with Gasteiger partial charge in [-0.1, -0.05) is 69.2 Å². The summed E-state index contributed by atoms with van der Waals surface area (Å²) in [5, 5.41) is 32.6. The molecule has 13 heteroatoms. The Balaban J connectivity index is 1.39. The van der Waals surface area contributed by atoms with Crippen LogP contribution < -0.4 is 10.9 Å². The number of carbonyl (C=O) groups excluding carboxylic acids is 3. The second kappa shape index (κ2) is 16.7. The van der Waals surface area contributed by atoms with Gasteiger partial charge in [-0.3, -0.25) is 19.2 Å². The summed E-state index contributed by atoms with van der Waals surface area (Å²) in [4.78, 5) is 58.1. The molecule has 1 aliphatic rings. The molecule has 1 aliphatic heterocycles. The van der Waals surface area contributed by atoms with E-state index in [9.17, 15) is 29.4 Å². The van der Waals surface area contributed by atoms with E-state index in [0.29, 0.717) is 36.6 Å². The molecular weight excluding hydrogens is 686 g/mol. The lowest BCUT2D eigenvalue weighted by Crippen LogP contribution is -2.46. The van der Waals surface area contributed by atoms with Gasteiger partial charge in [0.1, 0.15) is 0 Å². The van der Waals surface area contributed by atoms with Crippen molar-refractivity contribution in [2.45, 2.75) is 65.5 Å². The Hall–Kier alpha value is -6.08. The summed E-state index contributed by atoms with van der Waals surface area (Å²) in [6.07, 6.45) is 4.08. The monoisotopic (exact) mass is 731 g/mol. The van der Waals surface area contributed by atoms with Gasteiger partial charge in [-0.2, -0.15) is 14.9 Å². The summed E-state index contributed by atoms with van der Waals surface area (Å²) < 4.78 is 2.57. The lowest BCUT2D eigenvalue weighted by Gasteiger charge is -2.36. The van der Waals surface area contributed by atoms with E-state index in [-0.39, 0.29) is 36.0 Å². The summed E-state index contributed by atoms with van der Waals surface area (Å²) >= 11 is 0. The molecular formula is C41H45N7O6. The third-order valence-corrected chi connectivity index (χ3v) is 9.62. The lowest BCUT2D eigenvalue weighted by atomic mass is 9.93. The van der Waals surface area contributed by atoms with Gasteiger partial charge in [0, 0.05) is 37.1 Å². The van der Waals surface area contributed by atoms with Gasteiger partial charge in [0.05, 0.1) is 29.6 Å². The Morgan fingerprint density at radius 1 is 0.870 bits per heavy atom. The predicted molar refractivity (Wildman–Crippen MR) is 204 cm³/mol. The normalized spacial score (nSPS) is 13.7. The number of aryl methyl sites for hydroxylation is 1. The van der Waals surface area contributed by atoms with Crippen molar-refractivity contribution < 1.29 is 24.6 Å². The summed E-state index contributed by atoms with van der Waals surface area (Å²) in [6, 6.07) is 23.1. The van der Waals surface area contributed by atoms with Crippen molar-refractivity contribution in [3.8, 4) is 17.1 Å². The average molecular weight is 732 g/mol. The summed E-state index contributed by atoms with van der Waals surface area (Å²) in [5.74, 6) is -2.02. The minimum Gasteiger partial charge on any atom is -0.505 e. The van der Waals surface area contributed by atoms with E-state index in [2.05, 4.69) is 24.3 Å². The lowest BCUT2D eigenvalue weighted by molar-refractivity contribution is 0.0544. The van der Waals surface area contributed by atoms with E-state index >= 15 is 0 Å². The highest BCUT2D eigenvalue weighted by Crippen LogP contribution is 2.29. The largest absolute Gasteiger partial charge is 0.505 e. The quantitative estimate of drug-likeness (QED) is 0.147. The van der Waals surface area contributed by atoms with Gasteiger partial charge < -0.3 is 25.3 Å². The van der Waals surface area contributed by atoms with Crippen LogP contribution in [0.2, 0.25) is 0 Å². The number of aromatic nitrogens is 4. The third-order valence-electron chi connectivity index (χ3n) is 9.62. The maximum Gasteiger partial charge on any atom is 0.279 e.